The van der Waals surface area contributed by atoms with E-state index in [4.69, 9.17) is 0 Å². The molecule has 8 nitrogen and oxygen atoms in total. The van der Waals surface area contributed by atoms with Crippen LogP contribution in [0.3, 0.4) is 0 Å². The highest BCUT2D eigenvalue weighted by Crippen LogP contribution is 2.30. The summed E-state index contributed by atoms with van der Waals surface area (Å²) >= 11 is 0. The summed E-state index contributed by atoms with van der Waals surface area (Å²) in [4.78, 5) is 14.6. The van der Waals surface area contributed by atoms with E-state index in [1.807, 2.05) is 0 Å². The van der Waals surface area contributed by atoms with Gasteiger partial charge in [-0.1, -0.05) is 18.2 Å². The number of pyridine rings is 1. The van der Waals surface area contributed by atoms with Crippen molar-refractivity contribution in [3.8, 4) is 0 Å². The fraction of sp³-hybridized carbons (Fsp3) is 0.353. The van der Waals surface area contributed by atoms with E-state index in [2.05, 4.69) is 10.3 Å². The number of hydrogen-bond donors (Lipinski definition) is 1. The highest BCUT2D eigenvalue weighted by atomic mass is 32.2. The second kappa shape index (κ2) is 7.90. The molecular weight excluding hydrogens is 356 g/mol. The molecule has 138 valence electrons. The van der Waals surface area contributed by atoms with Crippen molar-refractivity contribution in [2.45, 2.75) is 30.3 Å². The minimum absolute atomic E-state index is 0.0832. The van der Waals surface area contributed by atoms with Crippen LogP contribution in [0.5, 0.6) is 0 Å². The summed E-state index contributed by atoms with van der Waals surface area (Å²) in [5.41, 5.74) is 0.195. The summed E-state index contributed by atoms with van der Waals surface area (Å²) in [6, 6.07) is 10.5. The first-order chi connectivity index (χ1) is 12.5. The van der Waals surface area contributed by atoms with Gasteiger partial charge in [0.15, 0.2) is 4.90 Å². The third-order valence-electron chi connectivity index (χ3n) is 4.41. The number of piperidine rings is 1. The highest BCUT2D eigenvalue weighted by Gasteiger charge is 2.36. The topological polar surface area (TPSA) is 105 Å². The molecule has 1 aromatic carbocycles. The van der Waals surface area contributed by atoms with Crippen molar-refractivity contribution < 1.29 is 13.3 Å². The average molecular weight is 376 g/mol. The summed E-state index contributed by atoms with van der Waals surface area (Å²) < 4.78 is 28.0. The van der Waals surface area contributed by atoms with Gasteiger partial charge in [-0.25, -0.2) is 8.42 Å². The lowest BCUT2D eigenvalue weighted by Crippen LogP contribution is -2.45. The molecule has 1 N–H and O–H groups in total. The van der Waals surface area contributed by atoms with E-state index >= 15 is 0 Å². The van der Waals surface area contributed by atoms with E-state index in [1.165, 1.54) is 28.6 Å². The molecule has 0 bridgehead atoms. The zero-order valence-electron chi connectivity index (χ0n) is 14.1. The van der Waals surface area contributed by atoms with Gasteiger partial charge in [-0.3, -0.25) is 15.1 Å². The van der Waals surface area contributed by atoms with Gasteiger partial charge in [0.1, 0.15) is 0 Å². The van der Waals surface area contributed by atoms with E-state index in [1.54, 1.807) is 24.4 Å². The summed E-state index contributed by atoms with van der Waals surface area (Å²) in [7, 11) is -4.05. The summed E-state index contributed by atoms with van der Waals surface area (Å²) in [6.45, 7) is 1.49. The molecule has 1 saturated heterocycles. The fourth-order valence-electron chi connectivity index (χ4n) is 3.11. The molecule has 0 radical (unpaired) electrons. The number of aromatic nitrogens is 1. The molecule has 0 aliphatic carbocycles. The summed E-state index contributed by atoms with van der Waals surface area (Å²) in [5.74, 6) is 0. The minimum Gasteiger partial charge on any atom is -0.317 e. The lowest BCUT2D eigenvalue weighted by molar-refractivity contribution is -0.387. The zero-order valence-corrected chi connectivity index (χ0v) is 14.9. The van der Waals surface area contributed by atoms with E-state index in [0.29, 0.717) is 31.6 Å². The quantitative estimate of drug-likeness (QED) is 0.610. The molecule has 1 fully saturated rings. The number of benzene rings is 1. The van der Waals surface area contributed by atoms with Gasteiger partial charge >= 0.3 is 0 Å². The number of hydrogen-bond acceptors (Lipinski definition) is 6. The molecule has 0 spiro atoms. The van der Waals surface area contributed by atoms with Crippen molar-refractivity contribution >= 4 is 15.7 Å². The van der Waals surface area contributed by atoms with E-state index in [9.17, 15) is 18.5 Å². The van der Waals surface area contributed by atoms with Crippen LogP contribution < -0.4 is 5.32 Å². The first-order valence-electron chi connectivity index (χ1n) is 8.36. The van der Waals surface area contributed by atoms with E-state index < -0.39 is 20.6 Å². The molecule has 0 saturated carbocycles. The molecule has 26 heavy (non-hydrogen) atoms. The maximum absolute atomic E-state index is 13.3. The predicted octanol–water partition coefficient (Wildman–Crippen LogP) is 1.93. The maximum atomic E-state index is 13.3. The number of sulfonamides is 1. The monoisotopic (exact) mass is 376 g/mol. The van der Waals surface area contributed by atoms with Gasteiger partial charge in [0.2, 0.25) is 0 Å². The molecule has 1 aromatic heterocycles. The Morgan fingerprint density at radius 2 is 1.85 bits per heavy atom. The van der Waals surface area contributed by atoms with Gasteiger partial charge < -0.3 is 5.32 Å². The molecule has 9 heteroatoms. The first-order valence-corrected chi connectivity index (χ1v) is 9.80. The van der Waals surface area contributed by atoms with Crippen molar-refractivity contribution in [3.05, 3.63) is 64.5 Å². The summed E-state index contributed by atoms with van der Waals surface area (Å²) in [5, 5.41) is 14.5. The third-order valence-corrected chi connectivity index (χ3v) is 6.35. The normalized spacial score (nSPS) is 15.9. The Morgan fingerprint density at radius 3 is 2.50 bits per heavy atom. The van der Waals surface area contributed by atoms with Crippen LogP contribution in [0.2, 0.25) is 0 Å². The number of nitro benzene ring substituents is 1. The molecule has 2 heterocycles. The second-order valence-electron chi connectivity index (χ2n) is 6.08. The SMILES string of the molecule is O=[N+]([O-])c1ccccc1S(=O)(=O)N(Cc1ccccn1)C1CCNCC1. The Morgan fingerprint density at radius 1 is 1.15 bits per heavy atom. The molecular formula is C17H20N4O4S. The van der Waals surface area contributed by atoms with Crippen LogP contribution in [0.25, 0.3) is 0 Å². The second-order valence-corrected chi connectivity index (χ2v) is 7.94. The van der Waals surface area contributed by atoms with Crippen LogP contribution in [-0.2, 0) is 16.6 Å². The fourth-order valence-corrected chi connectivity index (χ4v) is 4.92. The minimum atomic E-state index is -4.05. The Bertz CT molecular complexity index is 867. The lowest BCUT2D eigenvalue weighted by Gasteiger charge is -2.33. The Kier molecular flexibility index (Phi) is 5.60. The molecule has 1 aliphatic heterocycles. The summed E-state index contributed by atoms with van der Waals surface area (Å²) in [6.07, 6.45) is 2.90. The lowest BCUT2D eigenvalue weighted by atomic mass is 10.1. The molecule has 0 atom stereocenters. The van der Waals surface area contributed by atoms with Gasteiger partial charge in [0.05, 0.1) is 17.2 Å². The van der Waals surface area contributed by atoms with E-state index in [0.717, 1.165) is 0 Å². The van der Waals surface area contributed by atoms with Crippen LogP contribution in [0.15, 0.2) is 53.6 Å². The molecule has 1 aliphatic rings. The van der Waals surface area contributed by atoms with Gasteiger partial charge in [-0.05, 0) is 44.1 Å². The van der Waals surface area contributed by atoms with Crippen LogP contribution in [-0.4, -0.2) is 41.8 Å². The van der Waals surface area contributed by atoms with Crippen LogP contribution in [0.4, 0.5) is 5.69 Å². The average Bonchev–Trinajstić information content (AvgIpc) is 2.67. The van der Waals surface area contributed by atoms with Crippen LogP contribution in [0, 0.1) is 10.1 Å². The Balaban J connectivity index is 2.03. The molecule has 2 aromatic rings. The van der Waals surface area contributed by atoms with Crippen molar-refractivity contribution in [1.29, 1.82) is 0 Å². The Labute approximate surface area is 152 Å². The predicted molar refractivity (Wildman–Crippen MR) is 96.0 cm³/mol. The van der Waals surface area contributed by atoms with Crippen molar-refractivity contribution in [2.75, 3.05) is 13.1 Å². The van der Waals surface area contributed by atoms with Crippen molar-refractivity contribution in [2.24, 2.45) is 0 Å². The van der Waals surface area contributed by atoms with Gasteiger partial charge in [-0.15, -0.1) is 0 Å². The third kappa shape index (κ3) is 3.90. The van der Waals surface area contributed by atoms with Crippen molar-refractivity contribution in [3.63, 3.8) is 0 Å². The number of nitrogens with one attached hydrogen (secondary N) is 1. The number of nitro groups is 1. The van der Waals surface area contributed by atoms with Gasteiger partial charge in [0.25, 0.3) is 15.7 Å². The standard InChI is InChI=1S/C17H20N4O4S/c22-21(23)16-6-1-2-7-17(16)26(24,25)20(15-8-11-18-12-9-15)13-14-5-3-4-10-19-14/h1-7,10,15,18H,8-9,11-13H2. The molecule has 0 amide bonds. The number of rotatable bonds is 6. The van der Waals surface area contributed by atoms with Gasteiger partial charge in [0, 0.05) is 18.3 Å². The molecule has 3 rings (SSSR count). The van der Waals surface area contributed by atoms with E-state index in [-0.39, 0.29) is 17.5 Å². The first kappa shape index (κ1) is 18.4. The maximum Gasteiger partial charge on any atom is 0.289 e. The smallest absolute Gasteiger partial charge is 0.289 e. The van der Waals surface area contributed by atoms with Crippen LogP contribution >= 0.6 is 0 Å². The highest BCUT2D eigenvalue weighted by molar-refractivity contribution is 7.89. The number of para-hydroxylation sites is 1. The number of nitrogens with zero attached hydrogens (tertiary/aromatic N) is 3. The Hall–Kier alpha value is -2.36. The zero-order chi connectivity index (χ0) is 18.6. The largest absolute Gasteiger partial charge is 0.317 e. The molecule has 0 unspecified atom stereocenters. The van der Waals surface area contributed by atoms with Gasteiger partial charge in [-0.2, -0.15) is 4.31 Å². The van der Waals surface area contributed by atoms with Crippen molar-refractivity contribution in [1.82, 2.24) is 14.6 Å². The van der Waals surface area contributed by atoms with Crippen LogP contribution in [0.1, 0.15) is 18.5 Å².